The minimum atomic E-state index is -0.742. The summed E-state index contributed by atoms with van der Waals surface area (Å²) in [5, 5.41) is 2.41. The molecule has 130 valence electrons. The molecule has 0 spiro atoms. The zero-order valence-electron chi connectivity index (χ0n) is 14.0. The molecule has 0 saturated heterocycles. The van der Waals surface area contributed by atoms with Crippen LogP contribution in [-0.2, 0) is 20.9 Å². The van der Waals surface area contributed by atoms with Crippen LogP contribution in [0.15, 0.2) is 60.3 Å². The van der Waals surface area contributed by atoms with E-state index >= 15 is 0 Å². The van der Waals surface area contributed by atoms with Crippen LogP contribution in [0, 0.1) is 0 Å². The van der Waals surface area contributed by atoms with E-state index in [0.717, 1.165) is 5.56 Å². The smallest absolute Gasteiger partial charge is 0.412 e. The largest absolute Gasteiger partial charge is 0.497 e. The van der Waals surface area contributed by atoms with Gasteiger partial charge in [0.15, 0.2) is 0 Å². The maximum Gasteiger partial charge on any atom is 0.412 e. The topological polar surface area (TPSA) is 73.9 Å². The van der Waals surface area contributed by atoms with Crippen molar-refractivity contribution in [3.8, 4) is 5.75 Å². The SMILES string of the molecule is COC(=O)/C(=C\c1ccc(OC)cc1)NC(=O)OCc1ccccc1. The molecule has 0 atom stereocenters. The Balaban J connectivity index is 2.04. The quantitative estimate of drug-likeness (QED) is 0.645. The Bertz CT molecular complexity index is 738. The second-order valence-corrected chi connectivity index (χ2v) is 5.01. The van der Waals surface area contributed by atoms with Crippen LogP contribution in [0.1, 0.15) is 11.1 Å². The van der Waals surface area contributed by atoms with Gasteiger partial charge in [0.1, 0.15) is 18.1 Å². The van der Waals surface area contributed by atoms with Gasteiger partial charge in [-0.25, -0.2) is 9.59 Å². The van der Waals surface area contributed by atoms with Gasteiger partial charge in [-0.05, 0) is 29.3 Å². The number of nitrogens with one attached hydrogen (secondary N) is 1. The molecule has 2 rings (SSSR count). The molecule has 0 heterocycles. The third-order valence-electron chi connectivity index (χ3n) is 3.28. The van der Waals surface area contributed by atoms with Gasteiger partial charge in [0.25, 0.3) is 0 Å². The minimum Gasteiger partial charge on any atom is -0.497 e. The zero-order chi connectivity index (χ0) is 18.1. The summed E-state index contributed by atoms with van der Waals surface area (Å²) < 4.78 is 14.9. The summed E-state index contributed by atoms with van der Waals surface area (Å²) in [5.41, 5.74) is 1.52. The molecular formula is C19H19NO5. The first-order chi connectivity index (χ1) is 12.1. The molecular weight excluding hydrogens is 322 g/mol. The monoisotopic (exact) mass is 341 g/mol. The summed E-state index contributed by atoms with van der Waals surface area (Å²) in [6.07, 6.45) is 0.753. The van der Waals surface area contributed by atoms with E-state index in [1.165, 1.54) is 13.2 Å². The number of benzene rings is 2. The van der Waals surface area contributed by atoms with E-state index in [4.69, 9.17) is 14.2 Å². The van der Waals surface area contributed by atoms with Crippen molar-refractivity contribution in [2.45, 2.75) is 6.61 Å². The zero-order valence-corrected chi connectivity index (χ0v) is 14.0. The number of hydrogen-bond donors (Lipinski definition) is 1. The number of methoxy groups -OCH3 is 2. The fourth-order valence-corrected chi connectivity index (χ4v) is 1.99. The number of hydrogen-bond acceptors (Lipinski definition) is 5. The number of alkyl carbamates (subject to hydrolysis) is 1. The lowest BCUT2D eigenvalue weighted by atomic mass is 10.2. The number of rotatable bonds is 6. The Kier molecular flexibility index (Phi) is 6.59. The van der Waals surface area contributed by atoms with Crippen molar-refractivity contribution in [2.24, 2.45) is 0 Å². The maximum atomic E-state index is 11.9. The van der Waals surface area contributed by atoms with E-state index in [9.17, 15) is 9.59 Å². The number of amides is 1. The van der Waals surface area contributed by atoms with Gasteiger partial charge in [0.2, 0.25) is 0 Å². The van der Waals surface area contributed by atoms with Crippen molar-refractivity contribution >= 4 is 18.1 Å². The minimum absolute atomic E-state index is 0.0225. The second kappa shape index (κ2) is 9.12. The van der Waals surface area contributed by atoms with E-state index < -0.39 is 12.1 Å². The van der Waals surface area contributed by atoms with Crippen molar-refractivity contribution < 1.29 is 23.8 Å². The first-order valence-corrected chi connectivity index (χ1v) is 7.54. The average molecular weight is 341 g/mol. The van der Waals surface area contributed by atoms with E-state index in [2.05, 4.69) is 5.32 Å². The maximum absolute atomic E-state index is 11.9. The molecule has 0 bridgehead atoms. The predicted octanol–water partition coefficient (Wildman–Crippen LogP) is 3.14. The molecule has 0 aromatic heterocycles. The summed E-state index contributed by atoms with van der Waals surface area (Å²) in [6.45, 7) is 0.101. The molecule has 0 unspecified atom stereocenters. The Labute approximate surface area is 146 Å². The molecule has 0 radical (unpaired) electrons. The average Bonchev–Trinajstić information content (AvgIpc) is 2.66. The third-order valence-corrected chi connectivity index (χ3v) is 3.28. The summed E-state index contributed by atoms with van der Waals surface area (Å²) in [4.78, 5) is 23.8. The van der Waals surface area contributed by atoms with Crippen LogP contribution in [0.3, 0.4) is 0 Å². The van der Waals surface area contributed by atoms with Gasteiger partial charge in [0, 0.05) is 0 Å². The van der Waals surface area contributed by atoms with Crippen LogP contribution in [-0.4, -0.2) is 26.3 Å². The van der Waals surface area contributed by atoms with Crippen molar-refractivity contribution in [1.82, 2.24) is 5.32 Å². The lowest BCUT2D eigenvalue weighted by molar-refractivity contribution is -0.136. The second-order valence-electron chi connectivity index (χ2n) is 5.01. The highest BCUT2D eigenvalue weighted by molar-refractivity contribution is 5.96. The standard InChI is InChI=1S/C19H19NO5/c1-23-16-10-8-14(9-11-16)12-17(18(21)24-2)20-19(22)25-13-15-6-4-3-5-7-15/h3-12H,13H2,1-2H3,(H,20,22)/b17-12+. The summed E-state index contributed by atoms with van der Waals surface area (Å²) in [6, 6.07) is 16.2. The third kappa shape index (κ3) is 5.69. The lowest BCUT2D eigenvalue weighted by Gasteiger charge is -2.09. The molecule has 1 N–H and O–H groups in total. The fourth-order valence-electron chi connectivity index (χ4n) is 1.99. The first kappa shape index (κ1) is 18.1. The fraction of sp³-hybridized carbons (Fsp3) is 0.158. The van der Waals surface area contributed by atoms with Gasteiger partial charge in [-0.3, -0.25) is 5.32 Å². The van der Waals surface area contributed by atoms with Crippen molar-refractivity contribution in [1.29, 1.82) is 0 Å². The number of carbonyl (C=O) groups excluding carboxylic acids is 2. The number of ether oxygens (including phenoxy) is 3. The Morgan fingerprint density at radius 2 is 1.68 bits per heavy atom. The van der Waals surface area contributed by atoms with Crippen LogP contribution in [0.4, 0.5) is 4.79 Å². The van der Waals surface area contributed by atoms with Gasteiger partial charge < -0.3 is 14.2 Å². The highest BCUT2D eigenvalue weighted by Crippen LogP contribution is 2.14. The molecule has 2 aromatic carbocycles. The molecule has 1 amide bonds. The van der Waals surface area contributed by atoms with Gasteiger partial charge >= 0.3 is 12.1 Å². The van der Waals surface area contributed by atoms with Crippen molar-refractivity contribution in [2.75, 3.05) is 14.2 Å². The van der Waals surface area contributed by atoms with E-state index in [-0.39, 0.29) is 12.3 Å². The van der Waals surface area contributed by atoms with Crippen molar-refractivity contribution in [3.63, 3.8) is 0 Å². The molecule has 25 heavy (non-hydrogen) atoms. The lowest BCUT2D eigenvalue weighted by Crippen LogP contribution is -2.28. The predicted molar refractivity (Wildman–Crippen MR) is 92.7 cm³/mol. The number of esters is 1. The van der Waals surface area contributed by atoms with Gasteiger partial charge in [-0.15, -0.1) is 0 Å². The highest BCUT2D eigenvalue weighted by Gasteiger charge is 2.14. The molecule has 0 aliphatic carbocycles. The van der Waals surface area contributed by atoms with Crippen LogP contribution in [0.2, 0.25) is 0 Å². The van der Waals surface area contributed by atoms with E-state index in [1.54, 1.807) is 31.4 Å². The normalized spacial score (nSPS) is 10.7. The molecule has 0 aliphatic rings. The highest BCUT2D eigenvalue weighted by atomic mass is 16.6. The summed E-state index contributed by atoms with van der Waals surface area (Å²) in [5.74, 6) is 0.0134. The van der Waals surface area contributed by atoms with Gasteiger partial charge in [-0.2, -0.15) is 0 Å². The first-order valence-electron chi connectivity index (χ1n) is 7.54. The van der Waals surface area contributed by atoms with E-state index in [0.29, 0.717) is 11.3 Å². The molecule has 6 nitrogen and oxygen atoms in total. The molecule has 6 heteroatoms. The number of carbonyl (C=O) groups is 2. The molecule has 0 aliphatic heterocycles. The summed E-state index contributed by atoms with van der Waals surface area (Å²) in [7, 11) is 2.80. The van der Waals surface area contributed by atoms with Gasteiger partial charge in [-0.1, -0.05) is 42.5 Å². The van der Waals surface area contributed by atoms with Crippen LogP contribution in [0.5, 0.6) is 5.75 Å². The Morgan fingerprint density at radius 1 is 1.00 bits per heavy atom. The molecule has 0 saturated carbocycles. The van der Waals surface area contributed by atoms with Crippen molar-refractivity contribution in [3.05, 3.63) is 71.4 Å². The Morgan fingerprint density at radius 3 is 2.28 bits per heavy atom. The van der Waals surface area contributed by atoms with Crippen LogP contribution >= 0.6 is 0 Å². The van der Waals surface area contributed by atoms with Crippen LogP contribution in [0.25, 0.3) is 6.08 Å². The van der Waals surface area contributed by atoms with E-state index in [1.807, 2.05) is 30.3 Å². The van der Waals surface area contributed by atoms with Gasteiger partial charge in [0.05, 0.1) is 14.2 Å². The molecule has 2 aromatic rings. The summed E-state index contributed by atoms with van der Waals surface area (Å²) >= 11 is 0. The van der Waals surface area contributed by atoms with Crippen LogP contribution < -0.4 is 10.1 Å². The molecule has 0 fully saturated rings. The Hall–Kier alpha value is -3.28.